The van der Waals surface area contributed by atoms with Crippen LogP contribution in [0.25, 0.3) is 0 Å². The second-order valence-corrected chi connectivity index (χ2v) is 7.19. The molecule has 24 heavy (non-hydrogen) atoms. The summed E-state index contributed by atoms with van der Waals surface area (Å²) in [5.74, 6) is 0.263. The van der Waals surface area contributed by atoms with Crippen molar-refractivity contribution in [1.82, 2.24) is 10.2 Å². The predicted octanol–water partition coefficient (Wildman–Crippen LogP) is 2.87. The van der Waals surface area contributed by atoms with E-state index in [4.69, 9.17) is 0 Å². The van der Waals surface area contributed by atoms with Crippen LogP contribution in [-0.2, 0) is 11.3 Å². The van der Waals surface area contributed by atoms with E-state index >= 15 is 0 Å². The first-order valence-electron chi connectivity index (χ1n) is 9.23. The molecule has 1 heterocycles. The van der Waals surface area contributed by atoms with Gasteiger partial charge in [-0.1, -0.05) is 43.7 Å². The first-order valence-corrected chi connectivity index (χ1v) is 9.23. The van der Waals surface area contributed by atoms with Crippen molar-refractivity contribution < 1.29 is 9.90 Å². The quantitative estimate of drug-likeness (QED) is 0.807. The maximum absolute atomic E-state index is 12.4. The standard InChI is InChI=1S/C20H32N2O2/c1-4-20(24,5-2)15-22-12-10-18(11-13-22)19(23)21-14-17-8-6-16(3)7-9-17/h6-9,18,24H,4-5,10-15H2,1-3H3,(H,21,23). The molecule has 0 bridgehead atoms. The molecule has 0 spiro atoms. The van der Waals surface area contributed by atoms with Crippen molar-refractivity contribution in [2.75, 3.05) is 19.6 Å². The summed E-state index contributed by atoms with van der Waals surface area (Å²) in [7, 11) is 0. The fourth-order valence-electron chi connectivity index (χ4n) is 3.28. The Bertz CT molecular complexity index is 515. The number of benzene rings is 1. The van der Waals surface area contributed by atoms with E-state index in [0.717, 1.165) is 50.9 Å². The second-order valence-electron chi connectivity index (χ2n) is 7.19. The van der Waals surface area contributed by atoms with Gasteiger partial charge in [0.2, 0.25) is 5.91 Å². The third kappa shape index (κ3) is 5.32. The number of hydrogen-bond acceptors (Lipinski definition) is 3. The van der Waals surface area contributed by atoms with Gasteiger partial charge in [-0.2, -0.15) is 0 Å². The van der Waals surface area contributed by atoms with Gasteiger partial charge in [0.1, 0.15) is 0 Å². The molecule has 1 amide bonds. The molecule has 1 aliphatic heterocycles. The molecule has 1 aromatic carbocycles. The SMILES string of the molecule is CCC(O)(CC)CN1CCC(C(=O)NCc2ccc(C)cc2)CC1. The normalized spacial score (nSPS) is 17.0. The second kappa shape index (κ2) is 8.63. The van der Waals surface area contributed by atoms with E-state index in [9.17, 15) is 9.90 Å². The smallest absolute Gasteiger partial charge is 0.223 e. The van der Waals surface area contributed by atoms with Crippen molar-refractivity contribution in [2.45, 2.75) is 58.6 Å². The zero-order chi connectivity index (χ0) is 17.6. The number of hydrogen-bond donors (Lipinski definition) is 2. The Morgan fingerprint density at radius 2 is 1.79 bits per heavy atom. The number of nitrogens with one attached hydrogen (secondary N) is 1. The summed E-state index contributed by atoms with van der Waals surface area (Å²) in [6.07, 6.45) is 3.31. The molecule has 0 atom stereocenters. The minimum atomic E-state index is -0.583. The molecule has 4 heteroatoms. The molecular formula is C20H32N2O2. The van der Waals surface area contributed by atoms with Crippen LogP contribution in [0.4, 0.5) is 0 Å². The molecule has 2 rings (SSSR count). The summed E-state index contributed by atoms with van der Waals surface area (Å²) < 4.78 is 0. The number of likely N-dealkylation sites (tertiary alicyclic amines) is 1. The van der Waals surface area contributed by atoms with Crippen LogP contribution in [0.15, 0.2) is 24.3 Å². The molecule has 0 aliphatic carbocycles. The topological polar surface area (TPSA) is 52.6 Å². The number of nitrogens with zero attached hydrogens (tertiary/aromatic N) is 1. The Hall–Kier alpha value is -1.39. The van der Waals surface area contributed by atoms with Gasteiger partial charge in [0, 0.05) is 19.0 Å². The molecule has 0 saturated carbocycles. The summed E-state index contributed by atoms with van der Waals surface area (Å²) in [5, 5.41) is 13.5. The van der Waals surface area contributed by atoms with E-state index in [-0.39, 0.29) is 11.8 Å². The van der Waals surface area contributed by atoms with E-state index < -0.39 is 5.60 Å². The fraction of sp³-hybridized carbons (Fsp3) is 0.650. The van der Waals surface area contributed by atoms with Crippen LogP contribution < -0.4 is 5.32 Å². The first-order chi connectivity index (χ1) is 11.5. The van der Waals surface area contributed by atoms with Gasteiger partial charge in [0.05, 0.1) is 5.60 Å². The Labute approximate surface area is 146 Å². The van der Waals surface area contributed by atoms with Gasteiger partial charge in [-0.05, 0) is 51.3 Å². The Morgan fingerprint density at radius 3 is 2.33 bits per heavy atom. The van der Waals surface area contributed by atoms with Crippen molar-refractivity contribution in [3.63, 3.8) is 0 Å². The van der Waals surface area contributed by atoms with Gasteiger partial charge < -0.3 is 15.3 Å². The first kappa shape index (κ1) is 18.9. The van der Waals surface area contributed by atoms with Gasteiger partial charge in [-0.15, -0.1) is 0 Å². The molecular weight excluding hydrogens is 300 g/mol. The Morgan fingerprint density at radius 1 is 1.21 bits per heavy atom. The monoisotopic (exact) mass is 332 g/mol. The number of rotatable bonds is 7. The van der Waals surface area contributed by atoms with Crippen LogP contribution >= 0.6 is 0 Å². The van der Waals surface area contributed by atoms with Crippen LogP contribution in [0.5, 0.6) is 0 Å². The van der Waals surface area contributed by atoms with Gasteiger partial charge in [0.25, 0.3) is 0 Å². The zero-order valence-corrected chi connectivity index (χ0v) is 15.3. The highest BCUT2D eigenvalue weighted by Crippen LogP contribution is 2.22. The number of aryl methyl sites for hydroxylation is 1. The summed E-state index contributed by atoms with van der Waals surface area (Å²) in [5.41, 5.74) is 1.79. The van der Waals surface area contributed by atoms with Crippen molar-refractivity contribution >= 4 is 5.91 Å². The van der Waals surface area contributed by atoms with Crippen LogP contribution in [-0.4, -0.2) is 41.1 Å². The minimum Gasteiger partial charge on any atom is -0.389 e. The maximum Gasteiger partial charge on any atom is 0.223 e. The van der Waals surface area contributed by atoms with Gasteiger partial charge in [-0.3, -0.25) is 4.79 Å². The lowest BCUT2D eigenvalue weighted by molar-refractivity contribution is -0.126. The summed E-state index contributed by atoms with van der Waals surface area (Å²) in [6, 6.07) is 8.27. The molecule has 1 aliphatic rings. The fourth-order valence-corrected chi connectivity index (χ4v) is 3.28. The van der Waals surface area contributed by atoms with Crippen LogP contribution in [0.1, 0.15) is 50.7 Å². The van der Waals surface area contributed by atoms with E-state index in [1.807, 2.05) is 13.8 Å². The molecule has 0 radical (unpaired) electrons. The zero-order valence-electron chi connectivity index (χ0n) is 15.3. The largest absolute Gasteiger partial charge is 0.389 e. The van der Waals surface area contributed by atoms with Crippen molar-refractivity contribution in [3.8, 4) is 0 Å². The van der Waals surface area contributed by atoms with Crippen molar-refractivity contribution in [1.29, 1.82) is 0 Å². The number of β-amino-alcohol motifs (C(OH)–C–C–N with tert-alkyl or cyclic N) is 1. The molecule has 1 fully saturated rings. The van der Waals surface area contributed by atoms with Gasteiger partial charge in [-0.25, -0.2) is 0 Å². The highest BCUT2D eigenvalue weighted by atomic mass is 16.3. The molecule has 1 saturated heterocycles. The van der Waals surface area contributed by atoms with Gasteiger partial charge in [0.15, 0.2) is 0 Å². The average molecular weight is 332 g/mol. The minimum absolute atomic E-state index is 0.100. The number of piperidine rings is 1. The molecule has 0 aromatic heterocycles. The third-order valence-corrected chi connectivity index (χ3v) is 5.38. The summed E-state index contributed by atoms with van der Waals surface area (Å²) >= 11 is 0. The number of aliphatic hydroxyl groups is 1. The van der Waals surface area contributed by atoms with Crippen LogP contribution in [0.3, 0.4) is 0 Å². The summed E-state index contributed by atoms with van der Waals surface area (Å²) in [6.45, 7) is 9.25. The molecule has 1 aromatic rings. The molecule has 2 N–H and O–H groups in total. The number of carbonyl (C=O) groups excluding carboxylic acids is 1. The number of carbonyl (C=O) groups is 1. The lowest BCUT2D eigenvalue weighted by Gasteiger charge is -2.37. The number of amides is 1. The lowest BCUT2D eigenvalue weighted by atomic mass is 9.92. The van der Waals surface area contributed by atoms with Crippen molar-refractivity contribution in [2.24, 2.45) is 5.92 Å². The van der Waals surface area contributed by atoms with E-state index in [1.54, 1.807) is 0 Å². The van der Waals surface area contributed by atoms with Gasteiger partial charge >= 0.3 is 0 Å². The lowest BCUT2D eigenvalue weighted by Crippen LogP contribution is -2.47. The van der Waals surface area contributed by atoms with Crippen LogP contribution in [0, 0.1) is 12.8 Å². The van der Waals surface area contributed by atoms with E-state index in [1.165, 1.54) is 5.56 Å². The molecule has 0 unspecified atom stereocenters. The molecule has 4 nitrogen and oxygen atoms in total. The van der Waals surface area contributed by atoms with E-state index in [2.05, 4.69) is 41.4 Å². The molecule has 134 valence electrons. The highest BCUT2D eigenvalue weighted by Gasteiger charge is 2.30. The Kier molecular flexibility index (Phi) is 6.81. The van der Waals surface area contributed by atoms with Crippen LogP contribution in [0.2, 0.25) is 0 Å². The third-order valence-electron chi connectivity index (χ3n) is 5.38. The predicted molar refractivity (Wildman–Crippen MR) is 97.7 cm³/mol. The van der Waals surface area contributed by atoms with Crippen molar-refractivity contribution in [3.05, 3.63) is 35.4 Å². The maximum atomic E-state index is 12.4. The van der Waals surface area contributed by atoms with E-state index in [0.29, 0.717) is 6.54 Å². The average Bonchev–Trinajstić information content (AvgIpc) is 2.61. The highest BCUT2D eigenvalue weighted by molar-refractivity contribution is 5.78. The summed E-state index contributed by atoms with van der Waals surface area (Å²) in [4.78, 5) is 14.7. The Balaban J connectivity index is 1.75.